The van der Waals surface area contributed by atoms with Gasteiger partial charge in [-0.05, 0) is 30.2 Å². The van der Waals surface area contributed by atoms with Gasteiger partial charge in [0.25, 0.3) is 0 Å². The molecule has 0 aliphatic heterocycles. The standard InChI is InChI=1S/C19H17ClO3/c1-2-5-13-10-19(21)23-18-11-15(8-9-16(13)18)22-12-14-6-3-4-7-17(14)20/h3-4,6-11H,2,5,12H2,1H3. The van der Waals surface area contributed by atoms with Gasteiger partial charge in [0.1, 0.15) is 17.9 Å². The van der Waals surface area contributed by atoms with Crippen LogP contribution in [0.25, 0.3) is 11.0 Å². The summed E-state index contributed by atoms with van der Waals surface area (Å²) in [5.74, 6) is 0.647. The van der Waals surface area contributed by atoms with Crippen LogP contribution in [0, 0.1) is 0 Å². The Morgan fingerprint density at radius 2 is 1.91 bits per heavy atom. The summed E-state index contributed by atoms with van der Waals surface area (Å²) in [4.78, 5) is 11.7. The Balaban J connectivity index is 1.88. The first kappa shape index (κ1) is 15.6. The Morgan fingerprint density at radius 1 is 1.09 bits per heavy atom. The van der Waals surface area contributed by atoms with Crippen molar-refractivity contribution >= 4 is 22.6 Å². The molecule has 1 heterocycles. The molecule has 0 N–H and O–H groups in total. The van der Waals surface area contributed by atoms with Crippen molar-refractivity contribution in [3.63, 3.8) is 0 Å². The molecular weight excluding hydrogens is 312 g/mol. The molecule has 118 valence electrons. The van der Waals surface area contributed by atoms with E-state index in [0.29, 0.717) is 23.0 Å². The molecule has 3 aromatic rings. The average Bonchev–Trinajstić information content (AvgIpc) is 2.54. The van der Waals surface area contributed by atoms with Gasteiger partial charge in [0.15, 0.2) is 0 Å². The number of benzene rings is 2. The highest BCUT2D eigenvalue weighted by atomic mass is 35.5. The number of rotatable bonds is 5. The van der Waals surface area contributed by atoms with Crippen LogP contribution >= 0.6 is 11.6 Å². The lowest BCUT2D eigenvalue weighted by Gasteiger charge is -2.09. The number of hydrogen-bond donors (Lipinski definition) is 0. The van der Waals surface area contributed by atoms with Crippen molar-refractivity contribution in [3.8, 4) is 5.75 Å². The van der Waals surface area contributed by atoms with E-state index in [1.165, 1.54) is 0 Å². The van der Waals surface area contributed by atoms with E-state index >= 15 is 0 Å². The predicted molar refractivity (Wildman–Crippen MR) is 92.3 cm³/mol. The summed E-state index contributed by atoms with van der Waals surface area (Å²) >= 11 is 6.12. The monoisotopic (exact) mass is 328 g/mol. The Labute approximate surface area is 139 Å². The van der Waals surface area contributed by atoms with Crippen LogP contribution in [0.2, 0.25) is 5.02 Å². The molecule has 0 saturated carbocycles. The van der Waals surface area contributed by atoms with E-state index < -0.39 is 0 Å². The van der Waals surface area contributed by atoms with Crippen LogP contribution in [0.1, 0.15) is 24.5 Å². The third-order valence-electron chi connectivity index (χ3n) is 3.67. The van der Waals surface area contributed by atoms with Crippen LogP contribution in [-0.2, 0) is 13.0 Å². The minimum atomic E-state index is -0.329. The molecule has 0 atom stereocenters. The SMILES string of the molecule is CCCc1cc(=O)oc2cc(OCc3ccccc3Cl)ccc12. The highest BCUT2D eigenvalue weighted by Crippen LogP contribution is 2.25. The van der Waals surface area contributed by atoms with Gasteiger partial charge in [-0.15, -0.1) is 0 Å². The van der Waals surface area contributed by atoms with E-state index in [2.05, 4.69) is 6.92 Å². The molecule has 0 aliphatic rings. The summed E-state index contributed by atoms with van der Waals surface area (Å²) in [5.41, 5.74) is 2.15. The summed E-state index contributed by atoms with van der Waals surface area (Å²) in [6.07, 6.45) is 1.82. The molecule has 4 heteroatoms. The maximum absolute atomic E-state index is 11.7. The van der Waals surface area contributed by atoms with Gasteiger partial charge in [-0.3, -0.25) is 0 Å². The van der Waals surface area contributed by atoms with Crippen molar-refractivity contribution in [2.24, 2.45) is 0 Å². The van der Waals surface area contributed by atoms with Crippen molar-refractivity contribution in [1.82, 2.24) is 0 Å². The first-order valence-electron chi connectivity index (χ1n) is 7.60. The highest BCUT2D eigenvalue weighted by molar-refractivity contribution is 6.31. The van der Waals surface area contributed by atoms with Crippen molar-refractivity contribution in [2.45, 2.75) is 26.4 Å². The average molecular weight is 329 g/mol. The molecule has 0 unspecified atom stereocenters. The van der Waals surface area contributed by atoms with Crippen molar-refractivity contribution < 1.29 is 9.15 Å². The second-order valence-corrected chi connectivity index (χ2v) is 5.79. The predicted octanol–water partition coefficient (Wildman–Crippen LogP) is 4.98. The van der Waals surface area contributed by atoms with Gasteiger partial charge in [-0.2, -0.15) is 0 Å². The number of hydrogen-bond acceptors (Lipinski definition) is 3. The Kier molecular flexibility index (Phi) is 4.68. The summed E-state index contributed by atoms with van der Waals surface area (Å²) in [7, 11) is 0. The van der Waals surface area contributed by atoms with Gasteiger partial charge in [-0.25, -0.2) is 4.79 Å². The van der Waals surface area contributed by atoms with Gasteiger partial charge in [0.05, 0.1) is 0 Å². The lowest BCUT2D eigenvalue weighted by molar-refractivity contribution is 0.306. The molecular formula is C19H17ClO3. The van der Waals surface area contributed by atoms with Crippen molar-refractivity contribution in [2.75, 3.05) is 0 Å². The summed E-state index contributed by atoms with van der Waals surface area (Å²) < 4.78 is 11.1. The van der Waals surface area contributed by atoms with Crippen molar-refractivity contribution in [3.05, 3.63) is 75.1 Å². The Bertz CT molecular complexity index is 883. The lowest BCUT2D eigenvalue weighted by atomic mass is 10.1. The third kappa shape index (κ3) is 3.57. The second kappa shape index (κ2) is 6.88. The first-order chi connectivity index (χ1) is 11.2. The number of fused-ring (bicyclic) bond motifs is 1. The molecule has 0 amide bonds. The molecule has 2 aromatic carbocycles. The molecule has 3 rings (SSSR count). The lowest BCUT2D eigenvalue weighted by Crippen LogP contribution is -2.01. The minimum Gasteiger partial charge on any atom is -0.489 e. The van der Waals surface area contributed by atoms with E-state index in [0.717, 1.165) is 29.4 Å². The zero-order valence-corrected chi connectivity index (χ0v) is 13.6. The van der Waals surface area contributed by atoms with Crippen LogP contribution in [0.3, 0.4) is 0 Å². The zero-order chi connectivity index (χ0) is 16.2. The Hall–Kier alpha value is -2.26. The van der Waals surface area contributed by atoms with Crippen LogP contribution in [0.4, 0.5) is 0 Å². The third-order valence-corrected chi connectivity index (χ3v) is 4.04. The van der Waals surface area contributed by atoms with E-state index in [4.69, 9.17) is 20.8 Å². The molecule has 1 aromatic heterocycles. The van der Waals surface area contributed by atoms with Gasteiger partial charge in [0, 0.05) is 28.1 Å². The molecule has 0 fully saturated rings. The van der Waals surface area contributed by atoms with E-state index in [1.54, 1.807) is 12.1 Å². The van der Waals surface area contributed by atoms with E-state index in [9.17, 15) is 4.79 Å². The molecule has 0 spiro atoms. The van der Waals surface area contributed by atoms with E-state index in [-0.39, 0.29) is 5.63 Å². The molecule has 0 bridgehead atoms. The quantitative estimate of drug-likeness (QED) is 0.620. The smallest absolute Gasteiger partial charge is 0.336 e. The van der Waals surface area contributed by atoms with Crippen LogP contribution in [-0.4, -0.2) is 0 Å². The minimum absolute atomic E-state index is 0.329. The second-order valence-electron chi connectivity index (χ2n) is 5.38. The molecule has 3 nitrogen and oxygen atoms in total. The Morgan fingerprint density at radius 3 is 2.70 bits per heavy atom. The molecule has 0 aliphatic carbocycles. The van der Waals surface area contributed by atoms with Gasteiger partial charge < -0.3 is 9.15 Å². The fraction of sp³-hybridized carbons (Fsp3) is 0.211. The van der Waals surface area contributed by atoms with Gasteiger partial charge in [-0.1, -0.05) is 43.1 Å². The van der Waals surface area contributed by atoms with Crippen LogP contribution in [0.15, 0.2) is 57.7 Å². The van der Waals surface area contributed by atoms with Gasteiger partial charge >= 0.3 is 5.63 Å². The summed E-state index contributed by atoms with van der Waals surface area (Å²) in [5, 5.41) is 1.63. The number of aryl methyl sites for hydroxylation is 1. The highest BCUT2D eigenvalue weighted by Gasteiger charge is 2.07. The normalized spacial score (nSPS) is 10.9. The van der Waals surface area contributed by atoms with Crippen LogP contribution < -0.4 is 10.4 Å². The fourth-order valence-corrected chi connectivity index (χ4v) is 2.74. The number of ether oxygens (including phenoxy) is 1. The molecule has 0 radical (unpaired) electrons. The fourth-order valence-electron chi connectivity index (χ4n) is 2.55. The zero-order valence-electron chi connectivity index (χ0n) is 12.8. The number of halogens is 1. The topological polar surface area (TPSA) is 39.4 Å². The molecule has 23 heavy (non-hydrogen) atoms. The summed E-state index contributed by atoms with van der Waals surface area (Å²) in [6, 6.07) is 14.7. The largest absolute Gasteiger partial charge is 0.489 e. The maximum atomic E-state index is 11.7. The maximum Gasteiger partial charge on any atom is 0.336 e. The molecule has 0 saturated heterocycles. The summed E-state index contributed by atoms with van der Waals surface area (Å²) in [6.45, 7) is 2.45. The van der Waals surface area contributed by atoms with Crippen molar-refractivity contribution in [1.29, 1.82) is 0 Å². The van der Waals surface area contributed by atoms with E-state index in [1.807, 2.05) is 36.4 Å². The first-order valence-corrected chi connectivity index (χ1v) is 7.98. The van der Waals surface area contributed by atoms with Gasteiger partial charge in [0.2, 0.25) is 0 Å². The van der Waals surface area contributed by atoms with Crippen LogP contribution in [0.5, 0.6) is 5.75 Å².